The Balaban J connectivity index is 3.30. The van der Waals surface area contributed by atoms with Crippen molar-refractivity contribution in [1.82, 2.24) is 0 Å². The van der Waals surface area contributed by atoms with Gasteiger partial charge in [-0.05, 0) is 12.1 Å². The number of ether oxygens (including phenoxy) is 3. The van der Waals surface area contributed by atoms with Crippen LogP contribution in [0.4, 0.5) is 0 Å². The van der Waals surface area contributed by atoms with Crippen molar-refractivity contribution in [2.45, 2.75) is 6.42 Å². The molecule has 1 aromatic carbocycles. The summed E-state index contributed by atoms with van der Waals surface area (Å²) in [5.41, 5.74) is 0.469. The van der Waals surface area contributed by atoms with Crippen molar-refractivity contribution in [3.8, 4) is 17.2 Å². The lowest BCUT2D eigenvalue weighted by Crippen LogP contribution is -2.05. The fourth-order valence-corrected chi connectivity index (χ4v) is 1.48. The van der Waals surface area contributed by atoms with Gasteiger partial charge >= 0.3 is 5.97 Å². The summed E-state index contributed by atoms with van der Waals surface area (Å²) in [6.07, 6.45) is -0.177. The summed E-state index contributed by atoms with van der Waals surface area (Å²) in [7, 11) is 4.43. The minimum absolute atomic E-state index is 0.177. The molecule has 0 aliphatic heterocycles. The molecule has 0 aliphatic carbocycles. The normalized spacial score (nSPS) is 9.69. The predicted octanol–water partition coefficient (Wildman–Crippen LogP) is 1.34. The maximum absolute atomic E-state index is 10.8. The highest BCUT2D eigenvalue weighted by Gasteiger charge is 2.17. The lowest BCUT2D eigenvalue weighted by Gasteiger charge is -2.14. The maximum Gasteiger partial charge on any atom is 0.308 e. The molecular formula is C11H14O5. The van der Waals surface area contributed by atoms with E-state index in [-0.39, 0.29) is 6.42 Å². The minimum Gasteiger partial charge on any atom is -0.496 e. The zero-order chi connectivity index (χ0) is 12.1. The van der Waals surface area contributed by atoms with E-state index in [4.69, 9.17) is 19.3 Å². The molecule has 0 heterocycles. The summed E-state index contributed by atoms with van der Waals surface area (Å²) < 4.78 is 15.3. The molecule has 0 saturated heterocycles. The molecule has 1 N–H and O–H groups in total. The van der Waals surface area contributed by atoms with Crippen molar-refractivity contribution in [2.75, 3.05) is 21.3 Å². The number of aliphatic carboxylic acids is 1. The molecule has 0 bridgehead atoms. The van der Waals surface area contributed by atoms with Gasteiger partial charge in [0.15, 0.2) is 11.5 Å². The Bertz CT molecular complexity index is 386. The quantitative estimate of drug-likeness (QED) is 0.820. The van der Waals surface area contributed by atoms with Gasteiger partial charge in [0.25, 0.3) is 0 Å². The Morgan fingerprint density at radius 2 is 1.69 bits per heavy atom. The van der Waals surface area contributed by atoms with Crippen LogP contribution in [0.5, 0.6) is 17.2 Å². The third-order valence-corrected chi connectivity index (χ3v) is 2.15. The molecule has 0 fully saturated rings. The van der Waals surface area contributed by atoms with E-state index in [0.29, 0.717) is 22.8 Å². The predicted molar refractivity (Wildman–Crippen MR) is 57.4 cm³/mol. The lowest BCUT2D eigenvalue weighted by atomic mass is 10.1. The molecule has 0 aromatic heterocycles. The van der Waals surface area contributed by atoms with E-state index in [1.54, 1.807) is 12.1 Å². The molecular weight excluding hydrogens is 212 g/mol. The van der Waals surface area contributed by atoms with Gasteiger partial charge in [-0.2, -0.15) is 0 Å². The van der Waals surface area contributed by atoms with Gasteiger partial charge in [0.2, 0.25) is 0 Å². The fraction of sp³-hybridized carbons (Fsp3) is 0.364. The summed E-state index contributed by atoms with van der Waals surface area (Å²) in [5.74, 6) is 0.397. The lowest BCUT2D eigenvalue weighted by molar-refractivity contribution is -0.136. The van der Waals surface area contributed by atoms with Crippen molar-refractivity contribution in [3.05, 3.63) is 17.7 Å². The van der Waals surface area contributed by atoms with Crippen molar-refractivity contribution >= 4 is 5.97 Å². The van der Waals surface area contributed by atoms with Crippen LogP contribution >= 0.6 is 0 Å². The van der Waals surface area contributed by atoms with Crippen LogP contribution in [-0.2, 0) is 11.2 Å². The third kappa shape index (κ3) is 2.36. The van der Waals surface area contributed by atoms with E-state index >= 15 is 0 Å². The second-order valence-electron chi connectivity index (χ2n) is 3.05. The average Bonchev–Trinajstić information content (AvgIpc) is 2.27. The smallest absolute Gasteiger partial charge is 0.308 e. The molecule has 0 radical (unpaired) electrons. The van der Waals surface area contributed by atoms with E-state index in [0.717, 1.165) is 0 Å². The summed E-state index contributed by atoms with van der Waals surface area (Å²) in [5, 5.41) is 8.82. The third-order valence-electron chi connectivity index (χ3n) is 2.15. The van der Waals surface area contributed by atoms with Crippen molar-refractivity contribution < 1.29 is 24.1 Å². The summed E-state index contributed by atoms with van der Waals surface area (Å²) in [4.78, 5) is 10.8. The molecule has 16 heavy (non-hydrogen) atoms. The van der Waals surface area contributed by atoms with Gasteiger partial charge in [-0.25, -0.2) is 0 Å². The van der Waals surface area contributed by atoms with Crippen molar-refractivity contribution in [3.63, 3.8) is 0 Å². The van der Waals surface area contributed by atoms with Gasteiger partial charge in [-0.15, -0.1) is 0 Å². The van der Waals surface area contributed by atoms with Crippen LogP contribution in [0.3, 0.4) is 0 Å². The van der Waals surface area contributed by atoms with Crippen LogP contribution in [0.1, 0.15) is 5.56 Å². The standard InChI is InChI=1S/C11H14O5/c1-14-8-4-5-9(15-2)11(16-3)7(8)6-10(12)13/h4-5H,6H2,1-3H3,(H,12,13). The number of hydrogen-bond donors (Lipinski definition) is 1. The van der Waals surface area contributed by atoms with E-state index < -0.39 is 5.97 Å². The zero-order valence-electron chi connectivity index (χ0n) is 9.44. The highest BCUT2D eigenvalue weighted by atomic mass is 16.5. The van der Waals surface area contributed by atoms with Gasteiger partial charge in [0.05, 0.1) is 33.3 Å². The van der Waals surface area contributed by atoms with E-state index in [1.807, 2.05) is 0 Å². The van der Waals surface area contributed by atoms with Crippen LogP contribution in [-0.4, -0.2) is 32.4 Å². The van der Waals surface area contributed by atoms with Gasteiger partial charge in [-0.3, -0.25) is 4.79 Å². The largest absolute Gasteiger partial charge is 0.496 e. The highest BCUT2D eigenvalue weighted by molar-refractivity contribution is 5.74. The molecule has 5 heteroatoms. The van der Waals surface area contributed by atoms with Crippen LogP contribution in [0.15, 0.2) is 12.1 Å². The Kier molecular flexibility index (Phi) is 3.99. The minimum atomic E-state index is -0.954. The number of carbonyl (C=O) groups is 1. The first-order valence-corrected chi connectivity index (χ1v) is 4.63. The van der Waals surface area contributed by atoms with Crippen LogP contribution in [0, 0.1) is 0 Å². The number of hydrogen-bond acceptors (Lipinski definition) is 4. The number of carboxylic acid groups (broad SMARTS) is 1. The first-order chi connectivity index (χ1) is 7.63. The van der Waals surface area contributed by atoms with E-state index in [1.165, 1.54) is 21.3 Å². The SMILES string of the molecule is COc1ccc(OC)c(OC)c1CC(=O)O. The fourth-order valence-electron chi connectivity index (χ4n) is 1.48. The Morgan fingerprint density at radius 1 is 1.12 bits per heavy atom. The first-order valence-electron chi connectivity index (χ1n) is 4.63. The van der Waals surface area contributed by atoms with Crippen LogP contribution < -0.4 is 14.2 Å². The Hall–Kier alpha value is -1.91. The van der Waals surface area contributed by atoms with Crippen LogP contribution in [0.2, 0.25) is 0 Å². The topological polar surface area (TPSA) is 65.0 Å². The monoisotopic (exact) mass is 226 g/mol. The molecule has 0 aliphatic rings. The van der Waals surface area contributed by atoms with Gasteiger partial charge < -0.3 is 19.3 Å². The second-order valence-corrected chi connectivity index (χ2v) is 3.05. The summed E-state index contributed by atoms with van der Waals surface area (Å²) in [6.45, 7) is 0. The van der Waals surface area contributed by atoms with Gasteiger partial charge in [0, 0.05) is 0 Å². The number of benzene rings is 1. The molecule has 88 valence electrons. The van der Waals surface area contributed by atoms with Crippen LogP contribution in [0.25, 0.3) is 0 Å². The molecule has 0 unspecified atom stereocenters. The van der Waals surface area contributed by atoms with Gasteiger partial charge in [-0.1, -0.05) is 0 Å². The number of rotatable bonds is 5. The Morgan fingerprint density at radius 3 is 2.12 bits per heavy atom. The molecule has 0 spiro atoms. The van der Waals surface area contributed by atoms with Crippen molar-refractivity contribution in [2.24, 2.45) is 0 Å². The van der Waals surface area contributed by atoms with E-state index in [9.17, 15) is 4.79 Å². The maximum atomic E-state index is 10.8. The molecule has 5 nitrogen and oxygen atoms in total. The molecule has 0 saturated carbocycles. The number of methoxy groups -OCH3 is 3. The Labute approximate surface area is 93.6 Å². The number of carboxylic acids is 1. The van der Waals surface area contributed by atoms with Crippen molar-refractivity contribution in [1.29, 1.82) is 0 Å². The molecule has 0 amide bonds. The second kappa shape index (κ2) is 5.25. The molecule has 0 atom stereocenters. The van der Waals surface area contributed by atoms with E-state index in [2.05, 4.69) is 0 Å². The summed E-state index contributed by atoms with van der Waals surface area (Å²) in [6, 6.07) is 3.32. The molecule has 1 aromatic rings. The summed E-state index contributed by atoms with van der Waals surface area (Å²) >= 11 is 0. The molecule has 1 rings (SSSR count). The average molecular weight is 226 g/mol. The highest BCUT2D eigenvalue weighted by Crippen LogP contribution is 2.37. The zero-order valence-corrected chi connectivity index (χ0v) is 9.44. The first kappa shape index (κ1) is 12.2. The van der Waals surface area contributed by atoms with Gasteiger partial charge in [0.1, 0.15) is 5.75 Å².